The first kappa shape index (κ1) is 17.8. The van der Waals surface area contributed by atoms with Gasteiger partial charge in [-0.1, -0.05) is 35.9 Å². The number of nitrogens with one attached hydrogen (secondary N) is 1. The molecule has 2 aliphatic rings. The summed E-state index contributed by atoms with van der Waals surface area (Å²) in [5.74, 6) is 1.62. The second kappa shape index (κ2) is 7.99. The van der Waals surface area contributed by atoms with Gasteiger partial charge in [-0.3, -0.25) is 0 Å². The smallest absolute Gasteiger partial charge is 0.317 e. The number of urea groups is 1. The number of aryl methyl sites for hydroxylation is 1. The second-order valence-electron chi connectivity index (χ2n) is 7.86. The Hall–Kier alpha value is -2.56. The van der Waals surface area contributed by atoms with E-state index in [1.807, 2.05) is 29.3 Å². The first-order chi connectivity index (χ1) is 13.2. The van der Waals surface area contributed by atoms with Crippen LogP contribution in [0.25, 0.3) is 0 Å². The average Bonchev–Trinajstić information content (AvgIpc) is 2.67. The van der Waals surface area contributed by atoms with Crippen LogP contribution in [0.2, 0.25) is 0 Å². The van der Waals surface area contributed by atoms with Crippen molar-refractivity contribution in [2.24, 2.45) is 5.92 Å². The van der Waals surface area contributed by atoms with Gasteiger partial charge in [0, 0.05) is 38.4 Å². The van der Waals surface area contributed by atoms with Crippen LogP contribution in [0.3, 0.4) is 0 Å². The van der Waals surface area contributed by atoms with Crippen LogP contribution in [-0.4, -0.2) is 48.1 Å². The van der Waals surface area contributed by atoms with Gasteiger partial charge in [0.2, 0.25) is 0 Å². The molecule has 2 aliphatic heterocycles. The van der Waals surface area contributed by atoms with Crippen LogP contribution < -0.4 is 10.2 Å². The predicted octanol–water partition coefficient (Wildman–Crippen LogP) is 3.24. The molecule has 2 amide bonds. The number of benzene rings is 1. The van der Waals surface area contributed by atoms with E-state index in [0.717, 1.165) is 51.3 Å². The number of rotatable bonds is 4. The SMILES string of the molecule is Cc1ccc(CC2CN(C(=O)NC3CCN(c4ccccn4)CC3)C2)cc1. The third-order valence-electron chi connectivity index (χ3n) is 5.69. The Labute approximate surface area is 161 Å². The summed E-state index contributed by atoms with van der Waals surface area (Å²) in [6.07, 6.45) is 4.85. The number of likely N-dealkylation sites (tertiary alicyclic amines) is 1. The lowest BCUT2D eigenvalue weighted by molar-refractivity contribution is 0.117. The van der Waals surface area contributed by atoms with Gasteiger partial charge in [0.25, 0.3) is 0 Å². The quantitative estimate of drug-likeness (QED) is 0.906. The Bertz CT molecular complexity index is 748. The number of carbonyl (C=O) groups is 1. The molecule has 5 heteroatoms. The zero-order chi connectivity index (χ0) is 18.6. The molecule has 2 fully saturated rings. The maximum atomic E-state index is 12.5. The van der Waals surface area contributed by atoms with E-state index in [0.29, 0.717) is 5.92 Å². The van der Waals surface area contributed by atoms with Gasteiger partial charge < -0.3 is 15.1 Å². The van der Waals surface area contributed by atoms with Crippen molar-refractivity contribution in [3.8, 4) is 0 Å². The fraction of sp³-hybridized carbons (Fsp3) is 0.455. The first-order valence-corrected chi connectivity index (χ1v) is 9.94. The molecule has 142 valence electrons. The highest BCUT2D eigenvalue weighted by Gasteiger charge is 2.32. The number of nitrogens with zero attached hydrogens (tertiary/aromatic N) is 3. The van der Waals surface area contributed by atoms with Crippen molar-refractivity contribution < 1.29 is 4.79 Å². The summed E-state index contributed by atoms with van der Waals surface area (Å²) >= 11 is 0. The molecule has 0 saturated carbocycles. The lowest BCUT2D eigenvalue weighted by Crippen LogP contribution is -2.57. The van der Waals surface area contributed by atoms with Gasteiger partial charge in [0.1, 0.15) is 5.82 Å². The number of hydrogen-bond donors (Lipinski definition) is 1. The summed E-state index contributed by atoms with van der Waals surface area (Å²) < 4.78 is 0. The van der Waals surface area contributed by atoms with Crippen molar-refractivity contribution in [3.63, 3.8) is 0 Å². The normalized spacial score (nSPS) is 18.3. The minimum Gasteiger partial charge on any atom is -0.356 e. The molecule has 27 heavy (non-hydrogen) atoms. The van der Waals surface area contributed by atoms with Crippen LogP contribution in [0.1, 0.15) is 24.0 Å². The number of pyridine rings is 1. The van der Waals surface area contributed by atoms with Gasteiger partial charge in [-0.25, -0.2) is 9.78 Å². The lowest BCUT2D eigenvalue weighted by atomic mass is 9.92. The fourth-order valence-electron chi connectivity index (χ4n) is 3.98. The molecule has 0 atom stereocenters. The zero-order valence-corrected chi connectivity index (χ0v) is 16.0. The Morgan fingerprint density at radius 1 is 1.11 bits per heavy atom. The molecule has 1 aromatic heterocycles. The molecule has 3 heterocycles. The molecule has 0 unspecified atom stereocenters. The maximum absolute atomic E-state index is 12.5. The third-order valence-corrected chi connectivity index (χ3v) is 5.69. The van der Waals surface area contributed by atoms with Crippen molar-refractivity contribution in [3.05, 3.63) is 59.8 Å². The summed E-state index contributed by atoms with van der Waals surface area (Å²) in [5.41, 5.74) is 2.66. The van der Waals surface area contributed by atoms with Gasteiger partial charge in [-0.05, 0) is 49.8 Å². The van der Waals surface area contributed by atoms with Crippen LogP contribution in [0.4, 0.5) is 10.6 Å². The molecule has 4 rings (SSSR count). The summed E-state index contributed by atoms with van der Waals surface area (Å²) in [6, 6.07) is 15.1. The Morgan fingerprint density at radius 3 is 2.52 bits per heavy atom. The highest BCUT2D eigenvalue weighted by molar-refractivity contribution is 5.75. The molecule has 0 spiro atoms. The maximum Gasteiger partial charge on any atom is 0.317 e. The first-order valence-electron chi connectivity index (χ1n) is 9.94. The number of hydrogen-bond acceptors (Lipinski definition) is 3. The van der Waals surface area contributed by atoms with Crippen molar-refractivity contribution in [2.75, 3.05) is 31.1 Å². The summed E-state index contributed by atoms with van der Waals surface area (Å²) in [6.45, 7) is 5.73. The number of piperidine rings is 1. The lowest BCUT2D eigenvalue weighted by Gasteiger charge is -2.41. The molecular formula is C22H28N4O. The standard InChI is InChI=1S/C22H28N4O/c1-17-5-7-18(8-6-17)14-19-15-26(16-19)22(27)24-20-9-12-25(13-10-20)21-4-2-3-11-23-21/h2-8,11,19-20H,9-10,12-16H2,1H3,(H,24,27). The monoisotopic (exact) mass is 364 g/mol. The topological polar surface area (TPSA) is 48.5 Å². The van der Waals surface area contributed by atoms with Crippen LogP contribution >= 0.6 is 0 Å². The van der Waals surface area contributed by atoms with E-state index < -0.39 is 0 Å². The van der Waals surface area contributed by atoms with E-state index in [1.54, 1.807) is 0 Å². The molecule has 2 saturated heterocycles. The van der Waals surface area contributed by atoms with E-state index in [1.165, 1.54) is 11.1 Å². The predicted molar refractivity (Wildman–Crippen MR) is 108 cm³/mol. The molecular weight excluding hydrogens is 336 g/mol. The van der Waals surface area contributed by atoms with Crippen molar-refractivity contribution in [1.82, 2.24) is 15.2 Å². The summed E-state index contributed by atoms with van der Waals surface area (Å²) in [4.78, 5) is 21.1. The van der Waals surface area contributed by atoms with Crippen molar-refractivity contribution >= 4 is 11.8 Å². The number of anilines is 1. The highest BCUT2D eigenvalue weighted by Crippen LogP contribution is 2.22. The number of amides is 2. The molecule has 1 aromatic carbocycles. The van der Waals surface area contributed by atoms with E-state index in [4.69, 9.17) is 0 Å². The highest BCUT2D eigenvalue weighted by atomic mass is 16.2. The Balaban J connectivity index is 1.18. The minimum atomic E-state index is 0.103. The summed E-state index contributed by atoms with van der Waals surface area (Å²) in [5, 5.41) is 3.22. The van der Waals surface area contributed by atoms with Gasteiger partial charge >= 0.3 is 6.03 Å². The Morgan fingerprint density at radius 2 is 1.85 bits per heavy atom. The molecule has 0 radical (unpaired) electrons. The van der Waals surface area contributed by atoms with Crippen LogP contribution in [0.5, 0.6) is 0 Å². The van der Waals surface area contributed by atoms with E-state index in [2.05, 4.69) is 46.4 Å². The molecule has 0 bridgehead atoms. The third kappa shape index (κ3) is 4.41. The average molecular weight is 364 g/mol. The van der Waals surface area contributed by atoms with E-state index in [9.17, 15) is 4.79 Å². The van der Waals surface area contributed by atoms with Crippen LogP contribution in [0.15, 0.2) is 48.7 Å². The minimum absolute atomic E-state index is 0.103. The zero-order valence-electron chi connectivity index (χ0n) is 16.0. The number of carbonyl (C=O) groups excluding carboxylic acids is 1. The number of aromatic nitrogens is 1. The van der Waals surface area contributed by atoms with Crippen LogP contribution in [-0.2, 0) is 6.42 Å². The second-order valence-corrected chi connectivity index (χ2v) is 7.86. The Kier molecular flexibility index (Phi) is 5.28. The van der Waals surface area contributed by atoms with E-state index >= 15 is 0 Å². The van der Waals surface area contributed by atoms with Gasteiger partial charge in [0.15, 0.2) is 0 Å². The van der Waals surface area contributed by atoms with E-state index in [-0.39, 0.29) is 12.1 Å². The molecule has 0 aliphatic carbocycles. The molecule has 5 nitrogen and oxygen atoms in total. The molecule has 1 N–H and O–H groups in total. The summed E-state index contributed by atoms with van der Waals surface area (Å²) in [7, 11) is 0. The van der Waals surface area contributed by atoms with Crippen molar-refractivity contribution in [2.45, 2.75) is 32.2 Å². The van der Waals surface area contributed by atoms with Gasteiger partial charge in [0.05, 0.1) is 0 Å². The largest absolute Gasteiger partial charge is 0.356 e. The van der Waals surface area contributed by atoms with Gasteiger partial charge in [-0.2, -0.15) is 0 Å². The van der Waals surface area contributed by atoms with Gasteiger partial charge in [-0.15, -0.1) is 0 Å². The fourth-order valence-corrected chi connectivity index (χ4v) is 3.98. The van der Waals surface area contributed by atoms with Crippen LogP contribution in [0, 0.1) is 12.8 Å². The van der Waals surface area contributed by atoms with Crippen molar-refractivity contribution in [1.29, 1.82) is 0 Å². The molecule has 2 aromatic rings.